The Balaban J connectivity index is 0.000000501. The van der Waals surface area contributed by atoms with Gasteiger partial charge < -0.3 is 21.5 Å². The van der Waals surface area contributed by atoms with Crippen molar-refractivity contribution in [2.75, 3.05) is 44.9 Å². The number of hydrogen-bond donors (Lipinski definition) is 3. The van der Waals surface area contributed by atoms with Crippen molar-refractivity contribution in [3.8, 4) is 11.1 Å². The molecule has 1 aliphatic rings. The second kappa shape index (κ2) is 19.3. The first-order chi connectivity index (χ1) is 22.9. The van der Waals surface area contributed by atoms with Gasteiger partial charge in [0, 0.05) is 37.9 Å². The summed E-state index contributed by atoms with van der Waals surface area (Å²) in [4.78, 5) is 16.5. The monoisotopic (exact) mass is 673 g/mol. The van der Waals surface area contributed by atoms with E-state index in [1.807, 2.05) is 43.3 Å². The molecule has 0 unspecified atom stereocenters. The summed E-state index contributed by atoms with van der Waals surface area (Å²) in [6.07, 6.45) is 14.8. The molecule has 0 atom stereocenters. The summed E-state index contributed by atoms with van der Waals surface area (Å²) in [6, 6.07) is 25.6. The van der Waals surface area contributed by atoms with Crippen LogP contribution in [0.1, 0.15) is 63.2 Å². The zero-order valence-corrected chi connectivity index (χ0v) is 30.9. The Morgan fingerprint density at radius 1 is 0.979 bits per heavy atom. The molecule has 5 N–H and O–H groups in total. The molecule has 0 aromatic heterocycles. The molecule has 1 aliphatic carbocycles. The maximum absolute atomic E-state index is 6.20. The minimum Gasteiger partial charge on any atom is -0.390 e. The van der Waals surface area contributed by atoms with Gasteiger partial charge in [0.2, 0.25) is 0 Å². The zero-order chi connectivity index (χ0) is 35.0. The number of nitrogens with zero attached hydrogens (tertiary/aromatic N) is 4. The third kappa shape index (κ3) is 14.1. The average Bonchev–Trinajstić information content (AvgIpc) is 3.06. The van der Waals surface area contributed by atoms with Crippen LogP contribution >= 0.6 is 10.0 Å². The minimum atomic E-state index is -0.535. The number of nitrogens with two attached hydrogens (primary N) is 2. The van der Waals surface area contributed by atoms with Gasteiger partial charge in [-0.2, -0.15) is 0 Å². The van der Waals surface area contributed by atoms with Crippen molar-refractivity contribution in [1.82, 2.24) is 5.32 Å². The molecule has 0 spiro atoms. The van der Waals surface area contributed by atoms with Crippen molar-refractivity contribution >= 4 is 34.4 Å². The number of rotatable bonds is 12. The van der Waals surface area contributed by atoms with Gasteiger partial charge in [-0.1, -0.05) is 80.1 Å². The largest absolute Gasteiger partial charge is 0.390 e. The molecule has 8 nitrogen and oxygen atoms in total. The van der Waals surface area contributed by atoms with E-state index in [0.717, 1.165) is 35.6 Å². The first-order valence-corrected chi connectivity index (χ1v) is 19.7. The highest BCUT2D eigenvalue weighted by atomic mass is 32.3. The van der Waals surface area contributed by atoms with Crippen LogP contribution in [0, 0.1) is 12.3 Å². The van der Waals surface area contributed by atoms with Crippen molar-refractivity contribution in [1.29, 1.82) is 0 Å². The lowest BCUT2D eigenvalue weighted by Gasteiger charge is -2.34. The summed E-state index contributed by atoms with van der Waals surface area (Å²) >= 11 is 0. The molecule has 0 amide bonds. The van der Waals surface area contributed by atoms with E-state index in [-0.39, 0.29) is 1.43 Å². The van der Waals surface area contributed by atoms with E-state index < -0.39 is 10.0 Å². The van der Waals surface area contributed by atoms with Gasteiger partial charge in [-0.05, 0) is 85.6 Å². The summed E-state index contributed by atoms with van der Waals surface area (Å²) in [6.45, 7) is 8.76. The fourth-order valence-electron chi connectivity index (χ4n) is 5.29. The van der Waals surface area contributed by atoms with E-state index in [1.165, 1.54) is 55.1 Å². The third-order valence-corrected chi connectivity index (χ3v) is 9.74. The van der Waals surface area contributed by atoms with Crippen LogP contribution in [0.4, 0.5) is 0 Å². The molecule has 1 saturated carbocycles. The minimum absolute atomic E-state index is 0. The number of aliphatic imine (C=N–C) groups is 4. The SMILES string of the molecule is CC1(C)CCC(NCc2ccc(-c3cccc(C(N)=N/C=N/COCCS(C)(C)C)c3)cc2)CC1.CN=C(N=CN)c1cccc(C)c1.[HH]. The Morgan fingerprint density at radius 3 is 2.31 bits per heavy atom. The standard InChI is InChI=1S/C29H44N4OS.C10H13N3.H2/c1-29(2)15-13-27(14-16-29)32-20-23-9-11-24(12-10-23)25-7-6-8-26(19-25)28(30)33-21-31-22-34-17-18-35(3,4)5;1-8-4-3-5-9(6-8)10(12-2)13-7-11;/h6-12,19,21,27,32H,13-18,20,22H2,1-5H3,(H2,30,31,33);3-7H,1-2H3,(H2,11,12,13);1H. The van der Waals surface area contributed by atoms with E-state index in [0.29, 0.717) is 29.9 Å². The van der Waals surface area contributed by atoms with Crippen LogP contribution in [-0.2, 0) is 11.3 Å². The van der Waals surface area contributed by atoms with Crippen LogP contribution in [-0.4, -0.2) is 75.3 Å². The zero-order valence-electron chi connectivity index (χ0n) is 30.1. The fourth-order valence-corrected chi connectivity index (χ4v) is 5.91. The van der Waals surface area contributed by atoms with Gasteiger partial charge in [-0.25, -0.2) is 25.0 Å². The molecule has 9 heteroatoms. The second-order valence-electron chi connectivity index (χ2n) is 13.9. The van der Waals surface area contributed by atoms with Crippen LogP contribution < -0.4 is 16.8 Å². The number of hydrogen-bond acceptors (Lipinski definition) is 4. The number of ether oxygens (including phenoxy) is 1. The van der Waals surface area contributed by atoms with Gasteiger partial charge in [0.1, 0.15) is 18.9 Å². The van der Waals surface area contributed by atoms with E-state index in [2.05, 4.69) is 94.3 Å². The molecule has 48 heavy (non-hydrogen) atoms. The lowest BCUT2D eigenvalue weighted by atomic mass is 9.75. The van der Waals surface area contributed by atoms with E-state index in [1.54, 1.807) is 7.05 Å². The highest BCUT2D eigenvalue weighted by molar-refractivity contribution is 8.32. The van der Waals surface area contributed by atoms with Crippen LogP contribution in [0.5, 0.6) is 0 Å². The molecule has 0 radical (unpaired) electrons. The molecular formula is C39H59N7OS. The second-order valence-corrected chi connectivity index (χ2v) is 18.5. The summed E-state index contributed by atoms with van der Waals surface area (Å²) < 4.78 is 5.55. The smallest absolute Gasteiger partial charge is 0.155 e. The Hall–Kier alpha value is -3.79. The van der Waals surface area contributed by atoms with Crippen molar-refractivity contribution in [3.63, 3.8) is 0 Å². The number of nitrogens with one attached hydrogen (secondary N) is 1. The average molecular weight is 674 g/mol. The fraction of sp³-hybridized carbons (Fsp3) is 0.436. The molecule has 262 valence electrons. The maximum atomic E-state index is 6.20. The highest BCUT2D eigenvalue weighted by Gasteiger charge is 2.26. The summed E-state index contributed by atoms with van der Waals surface area (Å²) in [5, 5.41) is 3.75. The lowest BCUT2D eigenvalue weighted by Crippen LogP contribution is -2.35. The summed E-state index contributed by atoms with van der Waals surface area (Å²) in [5.74, 6) is 2.19. The number of aryl methyl sites for hydroxylation is 1. The van der Waals surface area contributed by atoms with Crippen molar-refractivity contribution in [2.24, 2.45) is 36.9 Å². The van der Waals surface area contributed by atoms with Crippen LogP contribution in [0.15, 0.2) is 92.8 Å². The molecule has 4 rings (SSSR count). The number of amidine groups is 2. The molecule has 0 bridgehead atoms. The molecule has 0 aliphatic heterocycles. The molecule has 0 saturated heterocycles. The van der Waals surface area contributed by atoms with Gasteiger partial charge in [-0.3, -0.25) is 4.99 Å². The van der Waals surface area contributed by atoms with Gasteiger partial charge in [-0.15, -0.1) is 0 Å². The van der Waals surface area contributed by atoms with Gasteiger partial charge in [0.25, 0.3) is 0 Å². The summed E-state index contributed by atoms with van der Waals surface area (Å²) in [7, 11) is 1.16. The van der Waals surface area contributed by atoms with E-state index in [4.69, 9.17) is 16.2 Å². The van der Waals surface area contributed by atoms with Crippen LogP contribution in [0.3, 0.4) is 0 Å². The van der Waals surface area contributed by atoms with Crippen molar-refractivity contribution in [3.05, 3.63) is 95.1 Å². The van der Waals surface area contributed by atoms with Gasteiger partial charge in [0.15, 0.2) is 5.84 Å². The Morgan fingerprint density at radius 2 is 1.67 bits per heavy atom. The molecule has 3 aromatic carbocycles. The molecule has 0 heterocycles. The highest BCUT2D eigenvalue weighted by Crippen LogP contribution is 2.35. The molecule has 1 fully saturated rings. The maximum Gasteiger partial charge on any atom is 0.155 e. The van der Waals surface area contributed by atoms with E-state index >= 15 is 0 Å². The normalized spacial score (nSPS) is 16.2. The Labute approximate surface area is 292 Å². The van der Waals surface area contributed by atoms with Crippen molar-refractivity contribution < 1.29 is 6.16 Å². The van der Waals surface area contributed by atoms with E-state index in [9.17, 15) is 0 Å². The number of benzene rings is 3. The predicted molar refractivity (Wildman–Crippen MR) is 213 cm³/mol. The Kier molecular flexibility index (Phi) is 15.5. The quantitative estimate of drug-likeness (QED) is 0.105. The van der Waals surface area contributed by atoms with Crippen LogP contribution in [0.2, 0.25) is 0 Å². The van der Waals surface area contributed by atoms with Crippen LogP contribution in [0.25, 0.3) is 11.1 Å². The third-order valence-electron chi connectivity index (χ3n) is 8.35. The predicted octanol–water partition coefficient (Wildman–Crippen LogP) is 7.42. The topological polar surface area (TPSA) is 123 Å². The first-order valence-electron chi connectivity index (χ1n) is 16.7. The lowest BCUT2D eigenvalue weighted by molar-refractivity contribution is 0.159. The summed E-state index contributed by atoms with van der Waals surface area (Å²) in [5.41, 5.74) is 18.6. The van der Waals surface area contributed by atoms with Gasteiger partial charge >= 0.3 is 0 Å². The molecular weight excluding hydrogens is 615 g/mol. The molecule has 3 aromatic rings. The first kappa shape index (κ1) is 38.7. The Bertz CT molecular complexity index is 1540. The van der Waals surface area contributed by atoms with Crippen molar-refractivity contribution in [2.45, 2.75) is 59.0 Å². The van der Waals surface area contributed by atoms with Gasteiger partial charge in [0.05, 0.1) is 12.9 Å².